The van der Waals surface area contributed by atoms with E-state index < -0.39 is 11.7 Å². The van der Waals surface area contributed by atoms with E-state index >= 15 is 0 Å². The van der Waals surface area contributed by atoms with Gasteiger partial charge in [0.2, 0.25) is 0 Å². The fourth-order valence-corrected chi connectivity index (χ4v) is 2.45. The van der Waals surface area contributed by atoms with Crippen LogP contribution >= 0.6 is 0 Å². The van der Waals surface area contributed by atoms with Gasteiger partial charge in [0, 0.05) is 5.69 Å². The maximum Gasteiger partial charge on any atom is 0.266 e. The maximum absolute atomic E-state index is 12.9. The average Bonchev–Trinajstić information content (AvgIpc) is 2.74. The molecule has 29 heavy (non-hydrogen) atoms. The van der Waals surface area contributed by atoms with Crippen LogP contribution in [0.25, 0.3) is 6.08 Å². The SMILES string of the molecule is N#C/C(=C\c1ccc(OCc2ccc(F)cc2)cc1)C(=O)Nc1ccc(F)cc1. The molecule has 0 bridgehead atoms. The van der Waals surface area contributed by atoms with Gasteiger partial charge < -0.3 is 10.1 Å². The molecule has 0 radical (unpaired) electrons. The molecule has 144 valence electrons. The third-order valence-electron chi connectivity index (χ3n) is 3.98. The molecule has 0 atom stereocenters. The van der Waals surface area contributed by atoms with E-state index in [0.717, 1.165) is 5.56 Å². The summed E-state index contributed by atoms with van der Waals surface area (Å²) in [4.78, 5) is 12.2. The average molecular weight is 390 g/mol. The number of rotatable bonds is 6. The molecule has 0 saturated carbocycles. The summed E-state index contributed by atoms with van der Waals surface area (Å²) in [7, 11) is 0. The molecule has 0 spiro atoms. The number of hydrogen-bond acceptors (Lipinski definition) is 3. The monoisotopic (exact) mass is 390 g/mol. The van der Waals surface area contributed by atoms with Crippen molar-refractivity contribution in [3.05, 3.63) is 101 Å². The number of amides is 1. The predicted molar refractivity (Wildman–Crippen MR) is 106 cm³/mol. The Labute approximate surface area is 166 Å². The van der Waals surface area contributed by atoms with Gasteiger partial charge in [-0.1, -0.05) is 24.3 Å². The molecule has 4 nitrogen and oxygen atoms in total. The Morgan fingerprint density at radius 1 is 0.931 bits per heavy atom. The van der Waals surface area contributed by atoms with E-state index in [2.05, 4.69) is 5.32 Å². The molecular formula is C23H16F2N2O2. The lowest BCUT2D eigenvalue weighted by atomic mass is 10.1. The largest absolute Gasteiger partial charge is 0.489 e. The van der Waals surface area contributed by atoms with Gasteiger partial charge in [0.05, 0.1) is 0 Å². The Morgan fingerprint density at radius 2 is 1.52 bits per heavy atom. The summed E-state index contributed by atoms with van der Waals surface area (Å²) in [6, 6.07) is 20.0. The smallest absolute Gasteiger partial charge is 0.266 e. The molecule has 3 aromatic rings. The van der Waals surface area contributed by atoms with Gasteiger partial charge in [-0.2, -0.15) is 5.26 Å². The van der Waals surface area contributed by atoms with Gasteiger partial charge in [-0.05, 0) is 65.7 Å². The van der Waals surface area contributed by atoms with E-state index in [0.29, 0.717) is 23.6 Å². The Bertz CT molecular complexity index is 1050. The molecule has 0 heterocycles. The quantitative estimate of drug-likeness (QED) is 0.471. The number of ether oxygens (including phenoxy) is 1. The Balaban J connectivity index is 1.63. The van der Waals surface area contributed by atoms with Gasteiger partial charge in [0.25, 0.3) is 5.91 Å². The first-order valence-corrected chi connectivity index (χ1v) is 8.69. The van der Waals surface area contributed by atoms with E-state index in [1.165, 1.54) is 42.5 Å². The fraction of sp³-hybridized carbons (Fsp3) is 0.0435. The number of anilines is 1. The van der Waals surface area contributed by atoms with Crippen LogP contribution in [0.15, 0.2) is 78.4 Å². The van der Waals surface area contributed by atoms with E-state index in [1.54, 1.807) is 36.4 Å². The highest BCUT2D eigenvalue weighted by Crippen LogP contribution is 2.17. The van der Waals surface area contributed by atoms with E-state index in [4.69, 9.17) is 4.74 Å². The first kappa shape index (κ1) is 19.8. The number of benzene rings is 3. The normalized spacial score (nSPS) is 10.9. The summed E-state index contributed by atoms with van der Waals surface area (Å²) in [5.41, 5.74) is 1.78. The molecule has 0 unspecified atom stereocenters. The molecule has 6 heteroatoms. The predicted octanol–water partition coefficient (Wildman–Crippen LogP) is 5.09. The number of hydrogen-bond donors (Lipinski definition) is 1. The molecule has 0 aliphatic carbocycles. The summed E-state index contributed by atoms with van der Waals surface area (Å²) in [6.07, 6.45) is 1.45. The number of halogens is 2. The zero-order chi connectivity index (χ0) is 20.6. The van der Waals surface area contributed by atoms with Gasteiger partial charge in [0.15, 0.2) is 0 Å². The van der Waals surface area contributed by atoms with Crippen LogP contribution in [0.4, 0.5) is 14.5 Å². The van der Waals surface area contributed by atoms with Crippen LogP contribution in [-0.2, 0) is 11.4 Å². The van der Waals surface area contributed by atoms with Gasteiger partial charge in [-0.15, -0.1) is 0 Å². The Kier molecular flexibility index (Phi) is 6.33. The van der Waals surface area contributed by atoms with Crippen molar-refractivity contribution in [2.24, 2.45) is 0 Å². The van der Waals surface area contributed by atoms with Crippen molar-refractivity contribution in [3.63, 3.8) is 0 Å². The van der Waals surface area contributed by atoms with Gasteiger partial charge >= 0.3 is 0 Å². The highest BCUT2D eigenvalue weighted by atomic mass is 19.1. The van der Waals surface area contributed by atoms with Gasteiger partial charge in [-0.3, -0.25) is 4.79 Å². The standard InChI is InChI=1S/C23H16F2N2O2/c24-19-5-1-17(2-6-19)15-29-22-11-3-16(4-12-22)13-18(14-26)23(28)27-21-9-7-20(25)8-10-21/h1-13H,15H2,(H,27,28)/b18-13+. The Hall–Kier alpha value is -3.98. The molecule has 1 N–H and O–H groups in total. The highest BCUT2D eigenvalue weighted by Gasteiger charge is 2.09. The van der Waals surface area contributed by atoms with E-state index in [-0.39, 0.29) is 11.4 Å². The molecule has 1 amide bonds. The maximum atomic E-state index is 12.9. The topological polar surface area (TPSA) is 62.1 Å². The zero-order valence-corrected chi connectivity index (χ0v) is 15.2. The van der Waals surface area contributed by atoms with Crippen molar-refractivity contribution < 1.29 is 18.3 Å². The van der Waals surface area contributed by atoms with Crippen LogP contribution in [0.2, 0.25) is 0 Å². The summed E-state index contributed by atoms with van der Waals surface area (Å²) in [5, 5.41) is 11.8. The van der Waals surface area contributed by atoms with Crippen LogP contribution in [0, 0.1) is 23.0 Å². The van der Waals surface area contributed by atoms with Crippen LogP contribution in [0.1, 0.15) is 11.1 Å². The molecule has 3 rings (SSSR count). The second-order valence-electron chi connectivity index (χ2n) is 6.12. The first-order chi connectivity index (χ1) is 14.0. The fourth-order valence-electron chi connectivity index (χ4n) is 2.45. The van der Waals surface area contributed by atoms with Crippen LogP contribution in [-0.4, -0.2) is 5.91 Å². The van der Waals surface area contributed by atoms with Crippen molar-refractivity contribution in [2.45, 2.75) is 6.61 Å². The lowest BCUT2D eigenvalue weighted by Crippen LogP contribution is -2.13. The van der Waals surface area contributed by atoms with Crippen molar-refractivity contribution in [1.82, 2.24) is 0 Å². The van der Waals surface area contributed by atoms with E-state index in [1.807, 2.05) is 6.07 Å². The second kappa shape index (κ2) is 9.29. The summed E-state index contributed by atoms with van der Waals surface area (Å²) in [6.45, 7) is 0.291. The molecule has 0 saturated heterocycles. The lowest BCUT2D eigenvalue weighted by molar-refractivity contribution is -0.112. The van der Waals surface area contributed by atoms with Gasteiger partial charge in [0.1, 0.15) is 35.6 Å². The minimum atomic E-state index is -0.587. The minimum absolute atomic E-state index is 0.0886. The van der Waals surface area contributed by atoms with Crippen LogP contribution < -0.4 is 10.1 Å². The minimum Gasteiger partial charge on any atom is -0.489 e. The van der Waals surface area contributed by atoms with Crippen molar-refractivity contribution in [2.75, 3.05) is 5.32 Å². The molecule has 0 aromatic heterocycles. The van der Waals surface area contributed by atoms with Crippen LogP contribution in [0.5, 0.6) is 5.75 Å². The van der Waals surface area contributed by atoms with Crippen molar-refractivity contribution in [3.8, 4) is 11.8 Å². The van der Waals surface area contributed by atoms with Crippen molar-refractivity contribution >= 4 is 17.7 Å². The number of carbonyl (C=O) groups is 1. The first-order valence-electron chi connectivity index (χ1n) is 8.69. The highest BCUT2D eigenvalue weighted by molar-refractivity contribution is 6.09. The Morgan fingerprint density at radius 3 is 2.10 bits per heavy atom. The van der Waals surface area contributed by atoms with E-state index in [9.17, 15) is 18.8 Å². The number of nitriles is 1. The van der Waals surface area contributed by atoms with Crippen molar-refractivity contribution in [1.29, 1.82) is 5.26 Å². The third kappa shape index (κ3) is 5.75. The number of nitrogens with zero attached hydrogens (tertiary/aromatic N) is 1. The molecule has 0 fully saturated rings. The third-order valence-corrected chi connectivity index (χ3v) is 3.98. The molecular weight excluding hydrogens is 374 g/mol. The molecule has 0 aliphatic rings. The van der Waals surface area contributed by atoms with Gasteiger partial charge in [-0.25, -0.2) is 8.78 Å². The summed E-state index contributed by atoms with van der Waals surface area (Å²) >= 11 is 0. The summed E-state index contributed by atoms with van der Waals surface area (Å²) < 4.78 is 31.5. The number of carbonyl (C=O) groups excluding carboxylic acids is 1. The lowest BCUT2D eigenvalue weighted by Gasteiger charge is -2.07. The second-order valence-corrected chi connectivity index (χ2v) is 6.12. The number of nitrogens with one attached hydrogen (secondary N) is 1. The van der Waals surface area contributed by atoms with Crippen LogP contribution in [0.3, 0.4) is 0 Å². The zero-order valence-electron chi connectivity index (χ0n) is 15.2. The summed E-state index contributed by atoms with van der Waals surface area (Å²) in [5.74, 6) is -0.709. The molecule has 0 aliphatic heterocycles. The molecule has 3 aromatic carbocycles.